The van der Waals surface area contributed by atoms with E-state index in [-0.39, 0.29) is 0 Å². The maximum absolute atomic E-state index is 13.3. The quantitative estimate of drug-likeness (QED) is 0.443. The van der Waals surface area contributed by atoms with Gasteiger partial charge in [-0.05, 0) is 53.6 Å². The number of rotatable bonds is 3. The lowest BCUT2D eigenvalue weighted by atomic mass is 10.1. The second-order valence-corrected chi connectivity index (χ2v) is 8.76. The molecule has 1 aromatic heterocycles. The van der Waals surface area contributed by atoms with Gasteiger partial charge >= 0.3 is 6.18 Å². The number of benzene rings is 2. The Hall–Kier alpha value is -2.11. The van der Waals surface area contributed by atoms with Crippen molar-refractivity contribution in [3.63, 3.8) is 0 Å². The molecule has 0 saturated heterocycles. The van der Waals surface area contributed by atoms with Gasteiger partial charge in [-0.3, -0.25) is 0 Å². The molecule has 0 spiro atoms. The van der Waals surface area contributed by atoms with Gasteiger partial charge in [0.05, 0.1) is 5.56 Å². The lowest BCUT2D eigenvalue weighted by molar-refractivity contribution is -0.137. The fourth-order valence-corrected chi connectivity index (χ4v) is 5.47. The first-order valence-corrected chi connectivity index (χ1v) is 10.3. The molecule has 0 amide bonds. The Balaban J connectivity index is 1.90. The number of hydrogen-bond donors (Lipinski definition) is 1. The van der Waals surface area contributed by atoms with Crippen molar-refractivity contribution in [2.45, 2.75) is 24.5 Å². The predicted octanol–water partition coefficient (Wildman–Crippen LogP) is 7.07. The van der Waals surface area contributed by atoms with Crippen LogP contribution in [0.25, 0.3) is 10.9 Å². The number of fused-ring (bicyclic) bond motifs is 1. The molecular formula is C21H17ClF3NS. The molecule has 4 rings (SSSR count). The molecule has 0 unspecified atom stereocenters. The fourth-order valence-electron chi connectivity index (χ4n) is 3.43. The Kier molecular flexibility index (Phi) is 4.60. The molecule has 1 nitrogen and oxygen atoms in total. The van der Waals surface area contributed by atoms with Crippen LogP contribution in [0, 0.1) is 6.92 Å². The Labute approximate surface area is 163 Å². The van der Waals surface area contributed by atoms with Crippen LogP contribution in [0.15, 0.2) is 70.3 Å². The van der Waals surface area contributed by atoms with E-state index in [1.807, 2.05) is 43.3 Å². The van der Waals surface area contributed by atoms with Crippen LogP contribution in [0.1, 0.15) is 16.8 Å². The maximum atomic E-state index is 13.3. The molecule has 0 radical (unpaired) electrons. The standard InChI is InChI=1S/C21H17ClF3NS/c1-14-20(27-10-2-3-11-27)18-12-16(21(23,24)25)6-9-19(18)26(14)13-15-4-7-17(22)8-5-15/h2-12,27H,13H2,1H3. The summed E-state index contributed by atoms with van der Waals surface area (Å²) in [5, 5.41) is 5.49. The van der Waals surface area contributed by atoms with E-state index in [4.69, 9.17) is 11.6 Å². The first-order valence-electron chi connectivity index (χ1n) is 8.42. The zero-order valence-electron chi connectivity index (χ0n) is 14.5. The van der Waals surface area contributed by atoms with Crippen LogP contribution >= 0.6 is 22.5 Å². The van der Waals surface area contributed by atoms with Gasteiger partial charge in [0.2, 0.25) is 0 Å². The number of nitrogens with zero attached hydrogens (tertiary/aromatic N) is 1. The first-order chi connectivity index (χ1) is 12.8. The van der Waals surface area contributed by atoms with E-state index < -0.39 is 22.6 Å². The molecule has 0 N–H and O–H groups in total. The highest BCUT2D eigenvalue weighted by Crippen LogP contribution is 2.49. The minimum absolute atomic E-state index is 0.585. The Morgan fingerprint density at radius 2 is 1.67 bits per heavy atom. The largest absolute Gasteiger partial charge is 0.416 e. The van der Waals surface area contributed by atoms with E-state index in [0.29, 0.717) is 17.0 Å². The van der Waals surface area contributed by atoms with Gasteiger partial charge in [0, 0.05) is 33.1 Å². The molecule has 6 heteroatoms. The van der Waals surface area contributed by atoms with Crippen molar-refractivity contribution in [2.24, 2.45) is 0 Å². The van der Waals surface area contributed by atoms with Crippen LogP contribution in [0.4, 0.5) is 13.2 Å². The van der Waals surface area contributed by atoms with Gasteiger partial charge in [0.1, 0.15) is 0 Å². The summed E-state index contributed by atoms with van der Waals surface area (Å²) in [6, 6.07) is 11.6. The van der Waals surface area contributed by atoms with Gasteiger partial charge in [-0.1, -0.05) is 35.9 Å². The summed E-state index contributed by atoms with van der Waals surface area (Å²) in [6.07, 6.45) is -0.436. The Morgan fingerprint density at radius 1 is 1.00 bits per heavy atom. The SMILES string of the molecule is Cc1c([SH]2C=CC=C2)c2cc(C(F)(F)F)ccc2n1Cc1ccc(Cl)cc1. The smallest absolute Gasteiger partial charge is 0.339 e. The molecule has 0 aliphatic carbocycles. The molecule has 1 aliphatic rings. The zero-order chi connectivity index (χ0) is 19.2. The Bertz CT molecular complexity index is 1050. The van der Waals surface area contributed by atoms with Crippen molar-refractivity contribution in [3.05, 3.63) is 87.3 Å². The highest BCUT2D eigenvalue weighted by atomic mass is 35.5. The van der Waals surface area contributed by atoms with Crippen LogP contribution in [0.3, 0.4) is 0 Å². The third-order valence-electron chi connectivity index (χ3n) is 4.73. The third-order valence-corrected chi connectivity index (χ3v) is 7.05. The van der Waals surface area contributed by atoms with Gasteiger partial charge in [0.25, 0.3) is 0 Å². The summed E-state index contributed by atoms with van der Waals surface area (Å²) >= 11 is 5.97. The molecule has 0 atom stereocenters. The van der Waals surface area contributed by atoms with Crippen molar-refractivity contribution < 1.29 is 13.2 Å². The summed E-state index contributed by atoms with van der Waals surface area (Å²) in [6.45, 7) is 2.57. The molecule has 0 bridgehead atoms. The minimum atomic E-state index is -4.35. The van der Waals surface area contributed by atoms with Gasteiger partial charge in [-0.25, -0.2) is 0 Å². The number of thiol groups is 1. The minimum Gasteiger partial charge on any atom is -0.339 e. The molecule has 27 heavy (non-hydrogen) atoms. The van der Waals surface area contributed by atoms with Crippen LogP contribution in [0.5, 0.6) is 0 Å². The normalized spacial score (nSPS) is 15.2. The number of halogens is 4. The van der Waals surface area contributed by atoms with Crippen LogP contribution in [-0.2, 0) is 12.7 Å². The van der Waals surface area contributed by atoms with Crippen molar-refractivity contribution in [1.82, 2.24) is 4.57 Å². The molecule has 2 aromatic carbocycles. The number of aromatic nitrogens is 1. The summed E-state index contributed by atoms with van der Waals surface area (Å²) < 4.78 is 41.9. The average molecular weight is 408 g/mol. The summed E-state index contributed by atoms with van der Waals surface area (Å²) in [5.74, 6) is 0. The number of hydrogen-bond acceptors (Lipinski definition) is 0. The van der Waals surface area contributed by atoms with Crippen molar-refractivity contribution in [1.29, 1.82) is 0 Å². The van der Waals surface area contributed by atoms with Gasteiger partial charge in [0.15, 0.2) is 0 Å². The first kappa shape index (κ1) is 18.3. The van der Waals surface area contributed by atoms with Crippen LogP contribution in [0.2, 0.25) is 5.02 Å². The van der Waals surface area contributed by atoms with Crippen molar-refractivity contribution >= 4 is 33.4 Å². The summed E-state index contributed by atoms with van der Waals surface area (Å²) in [4.78, 5) is 0.991. The number of allylic oxidation sites excluding steroid dienone is 2. The van der Waals surface area contributed by atoms with Crippen LogP contribution in [-0.4, -0.2) is 4.57 Å². The third kappa shape index (κ3) is 3.42. The van der Waals surface area contributed by atoms with E-state index in [1.165, 1.54) is 6.07 Å². The van der Waals surface area contributed by atoms with Crippen LogP contribution < -0.4 is 0 Å². The molecule has 3 aromatic rings. The average Bonchev–Trinajstić information content (AvgIpc) is 3.23. The molecular weight excluding hydrogens is 391 g/mol. The fraction of sp³-hybridized carbons (Fsp3) is 0.143. The lowest BCUT2D eigenvalue weighted by Gasteiger charge is -2.13. The van der Waals surface area contributed by atoms with E-state index in [2.05, 4.69) is 15.4 Å². The second-order valence-electron chi connectivity index (χ2n) is 6.47. The van der Waals surface area contributed by atoms with E-state index in [9.17, 15) is 13.2 Å². The van der Waals surface area contributed by atoms with Gasteiger partial charge < -0.3 is 4.57 Å². The van der Waals surface area contributed by atoms with E-state index in [0.717, 1.165) is 27.7 Å². The molecule has 2 heterocycles. The Morgan fingerprint density at radius 3 is 2.30 bits per heavy atom. The predicted molar refractivity (Wildman–Crippen MR) is 108 cm³/mol. The maximum Gasteiger partial charge on any atom is 0.416 e. The van der Waals surface area contributed by atoms with Gasteiger partial charge in [-0.15, -0.1) is 0 Å². The zero-order valence-corrected chi connectivity index (χ0v) is 16.1. The van der Waals surface area contributed by atoms with Gasteiger partial charge in [-0.2, -0.15) is 24.1 Å². The monoisotopic (exact) mass is 407 g/mol. The summed E-state index contributed by atoms with van der Waals surface area (Å²) in [5.41, 5.74) is 2.27. The second kappa shape index (κ2) is 6.80. The molecule has 0 saturated carbocycles. The highest BCUT2D eigenvalue weighted by molar-refractivity contribution is 8.22. The lowest BCUT2D eigenvalue weighted by Crippen LogP contribution is -2.05. The molecule has 0 fully saturated rings. The number of alkyl halides is 3. The topological polar surface area (TPSA) is 4.93 Å². The van der Waals surface area contributed by atoms with E-state index in [1.54, 1.807) is 6.07 Å². The molecule has 140 valence electrons. The van der Waals surface area contributed by atoms with E-state index >= 15 is 0 Å². The summed E-state index contributed by atoms with van der Waals surface area (Å²) in [7, 11) is -0.738. The highest BCUT2D eigenvalue weighted by Gasteiger charge is 2.31. The van der Waals surface area contributed by atoms with Crippen molar-refractivity contribution in [3.8, 4) is 0 Å². The molecule has 1 aliphatic heterocycles. The van der Waals surface area contributed by atoms with Crippen molar-refractivity contribution in [2.75, 3.05) is 0 Å².